The topological polar surface area (TPSA) is 63.7 Å². The molecule has 0 radical (unpaired) electrons. The van der Waals surface area contributed by atoms with Crippen molar-refractivity contribution in [3.05, 3.63) is 71.8 Å². The number of esters is 1. The molecule has 1 atom stereocenters. The number of amides is 1. The van der Waals surface area contributed by atoms with Crippen LogP contribution in [0.15, 0.2) is 60.7 Å². The Labute approximate surface area is 158 Å². The van der Waals surface area contributed by atoms with E-state index < -0.39 is 11.7 Å². The number of ketones is 1. The number of rotatable bonds is 6. The van der Waals surface area contributed by atoms with E-state index in [9.17, 15) is 14.4 Å². The van der Waals surface area contributed by atoms with E-state index in [1.807, 2.05) is 60.7 Å². The number of likely N-dealkylation sites (tertiary alicyclic amines) is 1. The number of ether oxygens (including phenoxy) is 1. The number of carbonyl (C=O) groups is 3. The largest absolute Gasteiger partial charge is 0.461 e. The molecule has 0 bridgehead atoms. The van der Waals surface area contributed by atoms with Crippen LogP contribution in [0.25, 0.3) is 0 Å². The molecule has 140 valence electrons. The van der Waals surface area contributed by atoms with Gasteiger partial charge in [0.15, 0.2) is 0 Å². The third-order valence-corrected chi connectivity index (χ3v) is 4.71. The highest BCUT2D eigenvalue weighted by Crippen LogP contribution is 2.19. The van der Waals surface area contributed by atoms with Gasteiger partial charge in [-0.1, -0.05) is 60.7 Å². The van der Waals surface area contributed by atoms with Crippen LogP contribution in [-0.4, -0.2) is 35.6 Å². The zero-order chi connectivity index (χ0) is 19.1. The Hall–Kier alpha value is -2.95. The molecular weight excluding hydrogens is 342 g/mol. The average Bonchev–Trinajstić information content (AvgIpc) is 2.73. The van der Waals surface area contributed by atoms with E-state index in [-0.39, 0.29) is 31.5 Å². The van der Waals surface area contributed by atoms with Crippen molar-refractivity contribution >= 4 is 17.7 Å². The second-order valence-electron chi connectivity index (χ2n) is 6.77. The van der Waals surface area contributed by atoms with Gasteiger partial charge in [0.2, 0.25) is 5.78 Å². The lowest BCUT2D eigenvalue weighted by atomic mass is 9.97. The normalized spacial score (nSPS) is 16.6. The summed E-state index contributed by atoms with van der Waals surface area (Å²) in [5.41, 5.74) is 1.74. The first-order valence-electron chi connectivity index (χ1n) is 9.20. The molecule has 1 aliphatic rings. The van der Waals surface area contributed by atoms with Gasteiger partial charge in [-0.2, -0.15) is 0 Å². The highest BCUT2D eigenvalue weighted by molar-refractivity contribution is 6.36. The van der Waals surface area contributed by atoms with Crippen molar-refractivity contribution in [3.63, 3.8) is 0 Å². The van der Waals surface area contributed by atoms with Gasteiger partial charge < -0.3 is 9.64 Å². The number of Topliss-reactive ketones (excluding diaryl/α,β-unsaturated/α-hetero) is 1. The summed E-state index contributed by atoms with van der Waals surface area (Å²) < 4.78 is 5.39. The molecule has 1 saturated heterocycles. The molecule has 2 aromatic rings. The van der Waals surface area contributed by atoms with E-state index in [1.54, 1.807) is 0 Å². The van der Waals surface area contributed by atoms with Crippen molar-refractivity contribution < 1.29 is 19.1 Å². The Balaban J connectivity index is 1.52. The van der Waals surface area contributed by atoms with Crippen molar-refractivity contribution in [1.82, 2.24) is 4.90 Å². The first kappa shape index (κ1) is 18.8. The SMILES string of the molecule is O=C(Cc1ccccc1)C(=O)N1CCCC(C(=O)OCc2ccccc2)C1. The van der Waals surface area contributed by atoms with Gasteiger partial charge in [-0.15, -0.1) is 0 Å². The number of hydrogen-bond donors (Lipinski definition) is 0. The van der Waals surface area contributed by atoms with Crippen LogP contribution in [0.4, 0.5) is 0 Å². The van der Waals surface area contributed by atoms with Crippen molar-refractivity contribution in [2.75, 3.05) is 13.1 Å². The van der Waals surface area contributed by atoms with Crippen molar-refractivity contribution in [2.45, 2.75) is 25.9 Å². The van der Waals surface area contributed by atoms with Gasteiger partial charge in [-0.3, -0.25) is 14.4 Å². The predicted octanol–water partition coefficient (Wildman–Crippen LogP) is 2.78. The van der Waals surface area contributed by atoms with Crippen molar-refractivity contribution in [2.24, 2.45) is 5.92 Å². The Kier molecular flexibility index (Phi) is 6.36. The molecule has 27 heavy (non-hydrogen) atoms. The fourth-order valence-corrected chi connectivity index (χ4v) is 3.23. The monoisotopic (exact) mass is 365 g/mol. The van der Waals surface area contributed by atoms with Crippen LogP contribution in [0.5, 0.6) is 0 Å². The fourth-order valence-electron chi connectivity index (χ4n) is 3.23. The Morgan fingerprint density at radius 1 is 0.926 bits per heavy atom. The van der Waals surface area contributed by atoms with Gasteiger partial charge in [0, 0.05) is 19.5 Å². The van der Waals surface area contributed by atoms with E-state index in [4.69, 9.17) is 4.74 Å². The molecular formula is C22H23NO4. The maximum absolute atomic E-state index is 12.5. The lowest BCUT2D eigenvalue weighted by Gasteiger charge is -2.31. The molecule has 0 N–H and O–H groups in total. The maximum Gasteiger partial charge on any atom is 0.311 e. The Bertz CT molecular complexity index is 788. The van der Waals surface area contributed by atoms with E-state index >= 15 is 0 Å². The zero-order valence-electron chi connectivity index (χ0n) is 15.2. The second kappa shape index (κ2) is 9.12. The molecule has 1 unspecified atom stereocenters. The molecule has 1 aliphatic heterocycles. The van der Waals surface area contributed by atoms with E-state index in [2.05, 4.69) is 0 Å². The average molecular weight is 365 g/mol. The molecule has 5 nitrogen and oxygen atoms in total. The van der Waals surface area contributed by atoms with E-state index in [1.165, 1.54) is 4.90 Å². The lowest BCUT2D eigenvalue weighted by Crippen LogP contribution is -2.45. The molecule has 0 spiro atoms. The highest BCUT2D eigenvalue weighted by Gasteiger charge is 2.31. The summed E-state index contributed by atoms with van der Waals surface area (Å²) in [5, 5.41) is 0. The minimum Gasteiger partial charge on any atom is -0.461 e. The van der Waals surface area contributed by atoms with Crippen LogP contribution in [0, 0.1) is 5.92 Å². The number of nitrogens with zero attached hydrogens (tertiary/aromatic N) is 1. The van der Waals surface area contributed by atoms with Crippen LogP contribution in [0.3, 0.4) is 0 Å². The molecule has 1 heterocycles. The van der Waals surface area contributed by atoms with Crippen LogP contribution in [-0.2, 0) is 32.1 Å². The standard InChI is InChI=1S/C22H23NO4/c24-20(14-17-8-3-1-4-9-17)21(25)23-13-7-12-19(15-23)22(26)27-16-18-10-5-2-6-11-18/h1-6,8-11,19H,7,12-16H2. The minimum atomic E-state index is -0.514. The summed E-state index contributed by atoms with van der Waals surface area (Å²) in [7, 11) is 0. The van der Waals surface area contributed by atoms with Crippen LogP contribution >= 0.6 is 0 Å². The Morgan fingerprint density at radius 2 is 1.56 bits per heavy atom. The molecule has 5 heteroatoms. The quantitative estimate of drug-likeness (QED) is 0.583. The van der Waals surface area contributed by atoms with Crippen molar-refractivity contribution in [3.8, 4) is 0 Å². The second-order valence-corrected chi connectivity index (χ2v) is 6.77. The smallest absolute Gasteiger partial charge is 0.311 e. The third-order valence-electron chi connectivity index (χ3n) is 4.71. The Morgan fingerprint density at radius 3 is 2.22 bits per heavy atom. The van der Waals surface area contributed by atoms with E-state index in [0.717, 1.165) is 11.1 Å². The van der Waals surface area contributed by atoms with Gasteiger partial charge in [-0.25, -0.2) is 0 Å². The molecule has 1 amide bonds. The van der Waals surface area contributed by atoms with Gasteiger partial charge in [0.25, 0.3) is 5.91 Å². The molecule has 0 aromatic heterocycles. The summed E-state index contributed by atoms with van der Waals surface area (Å²) in [6, 6.07) is 18.7. The number of piperidine rings is 1. The molecule has 0 saturated carbocycles. The molecule has 0 aliphatic carbocycles. The first-order chi connectivity index (χ1) is 13.1. The zero-order valence-corrected chi connectivity index (χ0v) is 15.2. The molecule has 2 aromatic carbocycles. The third kappa shape index (κ3) is 5.26. The highest BCUT2D eigenvalue weighted by atomic mass is 16.5. The summed E-state index contributed by atoms with van der Waals surface area (Å²) in [6.07, 6.45) is 1.44. The van der Waals surface area contributed by atoms with Gasteiger partial charge in [0.05, 0.1) is 5.92 Å². The fraction of sp³-hybridized carbons (Fsp3) is 0.318. The maximum atomic E-state index is 12.5. The molecule has 3 rings (SSSR count). The number of hydrogen-bond acceptors (Lipinski definition) is 4. The summed E-state index contributed by atoms with van der Waals surface area (Å²) in [5.74, 6) is -1.65. The minimum absolute atomic E-state index is 0.0826. The summed E-state index contributed by atoms with van der Waals surface area (Å²) in [4.78, 5) is 38.6. The molecule has 1 fully saturated rings. The van der Waals surface area contributed by atoms with Crippen molar-refractivity contribution in [1.29, 1.82) is 0 Å². The predicted molar refractivity (Wildman–Crippen MR) is 101 cm³/mol. The van der Waals surface area contributed by atoms with Crippen LogP contribution < -0.4 is 0 Å². The van der Waals surface area contributed by atoms with Gasteiger partial charge >= 0.3 is 5.97 Å². The summed E-state index contributed by atoms with van der Waals surface area (Å²) in [6.45, 7) is 0.964. The number of carbonyl (C=O) groups excluding carboxylic acids is 3. The van der Waals surface area contributed by atoms with Crippen LogP contribution in [0.1, 0.15) is 24.0 Å². The van der Waals surface area contributed by atoms with Gasteiger partial charge in [-0.05, 0) is 24.0 Å². The summed E-state index contributed by atoms with van der Waals surface area (Å²) >= 11 is 0. The lowest BCUT2D eigenvalue weighted by molar-refractivity contribution is -0.154. The van der Waals surface area contributed by atoms with Crippen LogP contribution in [0.2, 0.25) is 0 Å². The number of benzene rings is 2. The van der Waals surface area contributed by atoms with Gasteiger partial charge in [0.1, 0.15) is 6.61 Å². The van der Waals surface area contributed by atoms with E-state index in [0.29, 0.717) is 19.4 Å². The first-order valence-corrected chi connectivity index (χ1v) is 9.20.